The maximum Gasteiger partial charge on any atom is 0.408 e. The minimum atomic E-state index is -5.94. The first-order valence-corrected chi connectivity index (χ1v) is 16.3. The second-order valence-corrected chi connectivity index (χ2v) is 12.6. The van der Waals surface area contributed by atoms with Crippen molar-refractivity contribution in [2.45, 2.75) is 25.6 Å². The van der Waals surface area contributed by atoms with E-state index in [2.05, 4.69) is 20.6 Å². The highest BCUT2D eigenvalue weighted by Gasteiger charge is 2.72. The number of anilines is 2. The zero-order valence-electron chi connectivity index (χ0n) is 26.8. The molecule has 0 aromatic heterocycles. The van der Waals surface area contributed by atoms with Crippen LogP contribution in [0.4, 0.5) is 37.7 Å². The Morgan fingerprint density at radius 3 is 1.69 bits per heavy atom. The number of hydrogen-bond acceptors (Lipinski definition) is 9. The zero-order chi connectivity index (χ0) is 39.8. The van der Waals surface area contributed by atoms with Crippen LogP contribution in [0.25, 0.3) is 0 Å². The standard InChI is InChI=1S/C33H24Cl4F6N2O9/c34-23-9-10-24(35)22(14-52-49)21(23)13-51-45-18-3-7-20(8-4-18)54-53-16-31(32(38,39)40,33(41,42)43)15-50-19-5-1-17(2-6-19)44-29(46)27-25(36)11-12-26(37)28(27)30(47)48/h1-12,45,49H,13-16H2,(H,44,46)(H,47,48). The molecule has 0 aliphatic heterocycles. The van der Waals surface area contributed by atoms with Gasteiger partial charge in [-0.25, -0.2) is 9.68 Å². The van der Waals surface area contributed by atoms with Gasteiger partial charge in [0.1, 0.15) is 32.2 Å². The fourth-order valence-corrected chi connectivity index (χ4v) is 5.47. The van der Waals surface area contributed by atoms with Crippen molar-refractivity contribution < 1.29 is 70.5 Å². The van der Waals surface area contributed by atoms with Crippen LogP contribution in [0.15, 0.2) is 72.8 Å². The van der Waals surface area contributed by atoms with E-state index in [0.717, 1.165) is 42.5 Å². The van der Waals surface area contributed by atoms with Crippen LogP contribution >= 0.6 is 46.4 Å². The number of amides is 1. The molecular formula is C33H24Cl4F6N2O9. The lowest BCUT2D eigenvalue weighted by molar-refractivity contribution is -0.382. The van der Waals surface area contributed by atoms with Gasteiger partial charge in [0.05, 0.1) is 26.9 Å². The Kier molecular flexibility index (Phi) is 14.1. The number of carbonyl (C=O) groups is 2. The molecule has 4 aromatic carbocycles. The number of ether oxygens (including phenoxy) is 1. The average Bonchev–Trinajstić information content (AvgIpc) is 3.10. The molecule has 54 heavy (non-hydrogen) atoms. The van der Waals surface area contributed by atoms with Crippen LogP contribution in [0.1, 0.15) is 31.8 Å². The topological polar surface area (TPSA) is 145 Å². The SMILES string of the molecule is O=C(O)c1c(Cl)ccc(Cl)c1C(=O)Nc1ccc(OCC(COOc2ccc(NOCc3c(Cl)ccc(Cl)c3COO)cc2)(C(F)(F)F)C(F)(F)F)cc1. The van der Waals surface area contributed by atoms with E-state index in [1.165, 1.54) is 30.3 Å². The molecule has 0 saturated heterocycles. The second-order valence-electron chi connectivity index (χ2n) is 10.9. The number of halogens is 10. The Labute approximate surface area is 320 Å². The molecule has 0 atom stereocenters. The van der Waals surface area contributed by atoms with Crippen LogP contribution in [0.2, 0.25) is 20.1 Å². The van der Waals surface area contributed by atoms with Gasteiger partial charge in [-0.05, 0) is 72.8 Å². The summed E-state index contributed by atoms with van der Waals surface area (Å²) in [5.74, 6) is -3.29. The van der Waals surface area contributed by atoms with Gasteiger partial charge in [0.15, 0.2) is 5.75 Å². The highest BCUT2D eigenvalue weighted by molar-refractivity contribution is 6.39. The van der Waals surface area contributed by atoms with Crippen LogP contribution in [0.3, 0.4) is 0 Å². The largest absolute Gasteiger partial charge is 0.492 e. The van der Waals surface area contributed by atoms with Crippen LogP contribution in [0, 0.1) is 5.41 Å². The zero-order valence-corrected chi connectivity index (χ0v) is 29.8. The molecule has 0 aliphatic carbocycles. The van der Waals surface area contributed by atoms with Crippen molar-refractivity contribution in [1.82, 2.24) is 0 Å². The van der Waals surface area contributed by atoms with Crippen molar-refractivity contribution in [1.29, 1.82) is 0 Å². The van der Waals surface area contributed by atoms with Gasteiger partial charge < -0.3 is 20.0 Å². The molecule has 4 N–H and O–H groups in total. The predicted octanol–water partition coefficient (Wildman–Crippen LogP) is 10.3. The smallest absolute Gasteiger partial charge is 0.408 e. The summed E-state index contributed by atoms with van der Waals surface area (Å²) in [6, 6.07) is 14.4. The molecule has 0 fully saturated rings. The summed E-state index contributed by atoms with van der Waals surface area (Å²) in [7, 11) is 0. The summed E-state index contributed by atoms with van der Waals surface area (Å²) in [5, 5.41) is 20.5. The fraction of sp³-hybridized carbons (Fsp3) is 0.212. The van der Waals surface area contributed by atoms with Gasteiger partial charge >= 0.3 is 18.3 Å². The highest BCUT2D eigenvalue weighted by atomic mass is 35.5. The Morgan fingerprint density at radius 1 is 0.648 bits per heavy atom. The van der Waals surface area contributed by atoms with E-state index in [1.54, 1.807) is 0 Å². The maximum absolute atomic E-state index is 14.1. The minimum Gasteiger partial charge on any atom is -0.492 e. The summed E-state index contributed by atoms with van der Waals surface area (Å²) >= 11 is 24.1. The van der Waals surface area contributed by atoms with Gasteiger partial charge in [0.2, 0.25) is 5.41 Å². The van der Waals surface area contributed by atoms with Crippen molar-refractivity contribution in [3.63, 3.8) is 0 Å². The Bertz CT molecular complexity index is 1940. The van der Waals surface area contributed by atoms with Gasteiger partial charge in [-0.15, -0.1) is 0 Å². The summed E-state index contributed by atoms with van der Waals surface area (Å²) in [4.78, 5) is 43.1. The summed E-state index contributed by atoms with van der Waals surface area (Å²) < 4.78 is 89.7. The molecule has 0 spiro atoms. The van der Waals surface area contributed by atoms with E-state index in [0.29, 0.717) is 11.1 Å². The van der Waals surface area contributed by atoms with Crippen molar-refractivity contribution in [2.75, 3.05) is 24.0 Å². The predicted molar refractivity (Wildman–Crippen MR) is 183 cm³/mol. The second kappa shape index (κ2) is 18.0. The van der Waals surface area contributed by atoms with Crippen LogP contribution < -0.4 is 20.4 Å². The van der Waals surface area contributed by atoms with Gasteiger partial charge in [0.25, 0.3) is 5.91 Å². The number of carboxylic acid groups (broad SMARTS) is 1. The van der Waals surface area contributed by atoms with Gasteiger partial charge in [0, 0.05) is 26.9 Å². The fourth-order valence-electron chi connectivity index (χ4n) is 4.53. The molecule has 0 unspecified atom stereocenters. The van der Waals surface area contributed by atoms with Gasteiger partial charge in [-0.3, -0.25) is 20.4 Å². The summed E-state index contributed by atoms with van der Waals surface area (Å²) in [6.07, 6.45) is -11.9. The molecule has 4 rings (SSSR count). The number of aromatic carboxylic acids is 1. The van der Waals surface area contributed by atoms with Gasteiger partial charge in [-0.1, -0.05) is 46.4 Å². The number of carbonyl (C=O) groups excluding carboxylic acids is 1. The van der Waals surface area contributed by atoms with E-state index < -0.39 is 59.7 Å². The van der Waals surface area contributed by atoms with Crippen molar-refractivity contribution in [3.8, 4) is 11.5 Å². The van der Waals surface area contributed by atoms with Crippen molar-refractivity contribution in [3.05, 3.63) is 115 Å². The number of rotatable bonds is 16. The number of hydrogen-bond donors (Lipinski definition) is 4. The van der Waals surface area contributed by atoms with E-state index in [-0.39, 0.29) is 50.4 Å². The molecule has 4 aromatic rings. The first-order valence-electron chi connectivity index (χ1n) is 14.8. The lowest BCUT2D eigenvalue weighted by atomic mass is 9.88. The molecule has 290 valence electrons. The maximum atomic E-state index is 14.1. The highest BCUT2D eigenvalue weighted by Crippen LogP contribution is 2.51. The molecule has 0 bridgehead atoms. The van der Waals surface area contributed by atoms with E-state index in [4.69, 9.17) is 66.1 Å². The molecule has 0 heterocycles. The van der Waals surface area contributed by atoms with Crippen molar-refractivity contribution in [2.24, 2.45) is 5.41 Å². The number of carboxylic acids is 1. The number of benzene rings is 4. The normalized spacial score (nSPS) is 12.0. The van der Waals surface area contributed by atoms with E-state index >= 15 is 0 Å². The Hall–Kier alpha value is -4.20. The Morgan fingerprint density at radius 2 is 1.15 bits per heavy atom. The molecule has 0 radical (unpaired) electrons. The monoisotopic (exact) mass is 846 g/mol. The molecule has 21 heteroatoms. The molecular weight excluding hydrogens is 824 g/mol. The molecule has 0 saturated carbocycles. The Balaban J connectivity index is 1.38. The van der Waals surface area contributed by atoms with Crippen LogP contribution in [-0.4, -0.2) is 47.8 Å². The van der Waals surface area contributed by atoms with Crippen molar-refractivity contribution >= 4 is 69.7 Å². The lowest BCUT2D eigenvalue weighted by Gasteiger charge is -2.35. The van der Waals surface area contributed by atoms with Crippen LogP contribution in [0.5, 0.6) is 11.5 Å². The number of alkyl halides is 6. The third-order valence-electron chi connectivity index (χ3n) is 7.47. The number of nitrogens with one attached hydrogen (secondary N) is 2. The quantitative estimate of drug-likeness (QED) is 0.0489. The summed E-state index contributed by atoms with van der Waals surface area (Å²) in [5.41, 5.74) is -2.12. The first kappa shape index (κ1) is 42.5. The molecule has 0 aliphatic rings. The van der Waals surface area contributed by atoms with E-state index in [1.807, 2.05) is 0 Å². The first-order chi connectivity index (χ1) is 25.4. The van der Waals surface area contributed by atoms with Gasteiger partial charge in [-0.2, -0.15) is 31.2 Å². The third kappa shape index (κ3) is 10.1. The minimum absolute atomic E-state index is 0.0463. The molecule has 1 amide bonds. The third-order valence-corrected chi connectivity index (χ3v) is 8.81. The average molecular weight is 848 g/mol. The lowest BCUT2D eigenvalue weighted by Crippen LogP contribution is -2.57. The molecule has 11 nitrogen and oxygen atoms in total. The summed E-state index contributed by atoms with van der Waals surface area (Å²) in [6.45, 7) is -4.49. The van der Waals surface area contributed by atoms with Crippen LogP contribution in [-0.2, 0) is 27.8 Å². The van der Waals surface area contributed by atoms with E-state index in [9.17, 15) is 41.0 Å².